The van der Waals surface area contributed by atoms with Crippen molar-refractivity contribution in [2.45, 2.75) is 12.8 Å². The predicted octanol–water partition coefficient (Wildman–Crippen LogP) is 2.81. The minimum atomic E-state index is 0. The SMILES string of the molecule is Cl.NCC1CCCN(CCOc2ccccc2Cl)C1. The van der Waals surface area contributed by atoms with E-state index in [0.717, 1.165) is 31.9 Å². The Morgan fingerprint density at radius 2 is 2.16 bits per heavy atom. The highest BCUT2D eigenvalue weighted by Crippen LogP contribution is 2.23. The molecular formula is C14H22Cl2N2O. The molecule has 1 heterocycles. The lowest BCUT2D eigenvalue weighted by atomic mass is 9.98. The monoisotopic (exact) mass is 304 g/mol. The van der Waals surface area contributed by atoms with Crippen LogP contribution in [-0.4, -0.2) is 37.7 Å². The Morgan fingerprint density at radius 1 is 1.37 bits per heavy atom. The normalized spacial score (nSPS) is 19.8. The average Bonchev–Trinajstić information content (AvgIpc) is 2.41. The molecule has 108 valence electrons. The Bertz CT molecular complexity index is 376. The molecule has 0 spiro atoms. The fourth-order valence-electron chi connectivity index (χ4n) is 2.39. The van der Waals surface area contributed by atoms with Gasteiger partial charge in [0.2, 0.25) is 0 Å². The molecule has 1 atom stereocenters. The van der Waals surface area contributed by atoms with Gasteiger partial charge < -0.3 is 10.5 Å². The van der Waals surface area contributed by atoms with Crippen LogP contribution in [-0.2, 0) is 0 Å². The van der Waals surface area contributed by atoms with Gasteiger partial charge in [0.05, 0.1) is 5.02 Å². The molecule has 2 rings (SSSR count). The summed E-state index contributed by atoms with van der Waals surface area (Å²) in [5, 5.41) is 0.677. The average molecular weight is 305 g/mol. The standard InChI is InChI=1S/C14H21ClN2O.ClH/c15-13-5-1-2-6-14(13)18-9-8-17-7-3-4-12(10-16)11-17;/h1-2,5-6,12H,3-4,7-11,16H2;1H. The van der Waals surface area contributed by atoms with Gasteiger partial charge in [0.15, 0.2) is 0 Å². The lowest BCUT2D eigenvalue weighted by Crippen LogP contribution is -2.40. The lowest BCUT2D eigenvalue weighted by molar-refractivity contribution is 0.149. The molecule has 0 radical (unpaired) electrons. The minimum absolute atomic E-state index is 0. The van der Waals surface area contributed by atoms with E-state index in [1.807, 2.05) is 24.3 Å². The fraction of sp³-hybridized carbons (Fsp3) is 0.571. The molecule has 3 nitrogen and oxygen atoms in total. The smallest absolute Gasteiger partial charge is 0.137 e. The van der Waals surface area contributed by atoms with Gasteiger partial charge in [-0.05, 0) is 44.0 Å². The zero-order chi connectivity index (χ0) is 12.8. The van der Waals surface area contributed by atoms with Crippen molar-refractivity contribution >= 4 is 24.0 Å². The zero-order valence-electron chi connectivity index (χ0n) is 11.1. The summed E-state index contributed by atoms with van der Waals surface area (Å²) >= 11 is 6.04. The molecule has 0 amide bonds. The maximum absolute atomic E-state index is 6.04. The van der Waals surface area contributed by atoms with E-state index in [0.29, 0.717) is 17.5 Å². The van der Waals surface area contributed by atoms with Crippen molar-refractivity contribution in [1.82, 2.24) is 4.90 Å². The van der Waals surface area contributed by atoms with Gasteiger partial charge in [-0.2, -0.15) is 0 Å². The Morgan fingerprint density at radius 3 is 2.89 bits per heavy atom. The summed E-state index contributed by atoms with van der Waals surface area (Å²) in [6, 6.07) is 7.60. The third kappa shape index (κ3) is 5.19. The zero-order valence-corrected chi connectivity index (χ0v) is 12.6. The van der Waals surface area contributed by atoms with Gasteiger partial charge in [-0.1, -0.05) is 23.7 Å². The van der Waals surface area contributed by atoms with E-state index >= 15 is 0 Å². The molecule has 0 aliphatic carbocycles. The quantitative estimate of drug-likeness (QED) is 0.909. The number of para-hydroxylation sites is 1. The number of rotatable bonds is 5. The van der Waals surface area contributed by atoms with Crippen LogP contribution < -0.4 is 10.5 Å². The number of piperidine rings is 1. The second-order valence-electron chi connectivity index (χ2n) is 4.82. The molecule has 19 heavy (non-hydrogen) atoms. The third-order valence-electron chi connectivity index (χ3n) is 3.44. The molecule has 1 aliphatic heterocycles. The van der Waals surface area contributed by atoms with Gasteiger partial charge in [-0.25, -0.2) is 0 Å². The number of hydrogen-bond donors (Lipinski definition) is 1. The molecule has 1 saturated heterocycles. The summed E-state index contributed by atoms with van der Waals surface area (Å²) in [6.45, 7) is 4.68. The van der Waals surface area contributed by atoms with Crippen LogP contribution in [0.4, 0.5) is 0 Å². The molecule has 0 saturated carbocycles. The van der Waals surface area contributed by atoms with Crippen molar-refractivity contribution in [1.29, 1.82) is 0 Å². The summed E-state index contributed by atoms with van der Waals surface area (Å²) < 4.78 is 5.70. The molecule has 1 unspecified atom stereocenters. The first kappa shape index (κ1) is 16.6. The Hall–Kier alpha value is -0.480. The highest BCUT2D eigenvalue weighted by Gasteiger charge is 2.18. The van der Waals surface area contributed by atoms with E-state index in [2.05, 4.69) is 4.90 Å². The van der Waals surface area contributed by atoms with Crippen LogP contribution in [0.3, 0.4) is 0 Å². The summed E-state index contributed by atoms with van der Waals surface area (Å²) in [7, 11) is 0. The molecule has 0 aromatic heterocycles. The first-order valence-corrected chi connectivity index (χ1v) is 6.97. The highest BCUT2D eigenvalue weighted by atomic mass is 35.5. The van der Waals surface area contributed by atoms with Gasteiger partial charge in [0.1, 0.15) is 12.4 Å². The summed E-state index contributed by atoms with van der Waals surface area (Å²) in [4.78, 5) is 2.43. The van der Waals surface area contributed by atoms with Crippen LogP contribution in [0, 0.1) is 5.92 Å². The van der Waals surface area contributed by atoms with Crippen molar-refractivity contribution in [3.05, 3.63) is 29.3 Å². The fourth-order valence-corrected chi connectivity index (χ4v) is 2.58. The van der Waals surface area contributed by atoms with Gasteiger partial charge in [-0.3, -0.25) is 4.90 Å². The molecular weight excluding hydrogens is 283 g/mol. The molecule has 1 aromatic rings. The first-order chi connectivity index (χ1) is 8.79. The van der Waals surface area contributed by atoms with E-state index in [-0.39, 0.29) is 12.4 Å². The summed E-state index contributed by atoms with van der Waals surface area (Å²) in [5.74, 6) is 1.42. The Kier molecular flexibility index (Phi) is 7.54. The van der Waals surface area contributed by atoms with Gasteiger partial charge in [0.25, 0.3) is 0 Å². The topological polar surface area (TPSA) is 38.5 Å². The number of ether oxygens (including phenoxy) is 1. The van der Waals surface area contributed by atoms with Gasteiger partial charge >= 0.3 is 0 Å². The van der Waals surface area contributed by atoms with Crippen molar-refractivity contribution in [3.63, 3.8) is 0 Å². The Labute approximate surface area is 126 Å². The molecule has 0 bridgehead atoms. The van der Waals surface area contributed by atoms with E-state index in [9.17, 15) is 0 Å². The van der Waals surface area contributed by atoms with Crippen LogP contribution in [0.2, 0.25) is 5.02 Å². The van der Waals surface area contributed by atoms with Gasteiger partial charge in [0, 0.05) is 13.1 Å². The summed E-state index contributed by atoms with van der Waals surface area (Å²) in [5.41, 5.74) is 5.73. The first-order valence-electron chi connectivity index (χ1n) is 6.59. The number of likely N-dealkylation sites (tertiary alicyclic amines) is 1. The number of hydrogen-bond acceptors (Lipinski definition) is 3. The van der Waals surface area contributed by atoms with Crippen LogP contribution in [0.5, 0.6) is 5.75 Å². The second-order valence-corrected chi connectivity index (χ2v) is 5.23. The molecule has 2 N–H and O–H groups in total. The van der Waals surface area contributed by atoms with Crippen LogP contribution in [0.1, 0.15) is 12.8 Å². The van der Waals surface area contributed by atoms with E-state index in [4.69, 9.17) is 22.1 Å². The Balaban J connectivity index is 0.00000180. The van der Waals surface area contributed by atoms with Crippen molar-refractivity contribution < 1.29 is 4.74 Å². The minimum Gasteiger partial charge on any atom is -0.491 e. The number of halogens is 2. The number of benzene rings is 1. The van der Waals surface area contributed by atoms with Gasteiger partial charge in [-0.15, -0.1) is 12.4 Å². The maximum Gasteiger partial charge on any atom is 0.137 e. The second kappa shape index (κ2) is 8.64. The van der Waals surface area contributed by atoms with E-state index in [1.54, 1.807) is 0 Å². The molecule has 5 heteroatoms. The van der Waals surface area contributed by atoms with Crippen molar-refractivity contribution in [3.8, 4) is 5.75 Å². The van der Waals surface area contributed by atoms with Crippen LogP contribution in [0.25, 0.3) is 0 Å². The summed E-state index contributed by atoms with van der Waals surface area (Å²) in [6.07, 6.45) is 2.51. The van der Waals surface area contributed by atoms with E-state index in [1.165, 1.54) is 12.8 Å². The van der Waals surface area contributed by atoms with E-state index < -0.39 is 0 Å². The predicted molar refractivity (Wildman–Crippen MR) is 82.4 cm³/mol. The lowest BCUT2D eigenvalue weighted by Gasteiger charge is -2.31. The molecule has 1 fully saturated rings. The highest BCUT2D eigenvalue weighted by molar-refractivity contribution is 6.32. The number of nitrogens with two attached hydrogens (primary N) is 1. The van der Waals surface area contributed by atoms with Crippen LogP contribution in [0.15, 0.2) is 24.3 Å². The molecule has 1 aliphatic rings. The van der Waals surface area contributed by atoms with Crippen molar-refractivity contribution in [2.24, 2.45) is 11.7 Å². The van der Waals surface area contributed by atoms with Crippen LogP contribution >= 0.6 is 24.0 Å². The van der Waals surface area contributed by atoms with Crippen molar-refractivity contribution in [2.75, 3.05) is 32.8 Å². The maximum atomic E-state index is 6.04. The molecule has 1 aromatic carbocycles. The third-order valence-corrected chi connectivity index (χ3v) is 3.75. The number of nitrogens with zero attached hydrogens (tertiary/aromatic N) is 1. The largest absolute Gasteiger partial charge is 0.491 e.